The Hall–Kier alpha value is -2.00. The Morgan fingerprint density at radius 2 is 1.63 bits per heavy atom. The average molecular weight is 260 g/mol. The second-order valence-electron chi connectivity index (χ2n) is 4.11. The van der Waals surface area contributed by atoms with Crippen molar-refractivity contribution >= 4 is 6.08 Å². The zero-order chi connectivity index (χ0) is 13.5. The van der Waals surface area contributed by atoms with E-state index in [1.54, 1.807) is 12.2 Å². The third-order valence-corrected chi connectivity index (χ3v) is 2.52. The minimum Gasteiger partial charge on any atom is -0.373 e. The van der Waals surface area contributed by atoms with Crippen molar-refractivity contribution in [3.05, 3.63) is 77.4 Å². The molecule has 0 amide bonds. The van der Waals surface area contributed by atoms with Crippen LogP contribution in [0.15, 0.2) is 54.6 Å². The van der Waals surface area contributed by atoms with Crippen molar-refractivity contribution in [2.45, 2.75) is 6.61 Å². The molecule has 0 aliphatic rings. The van der Waals surface area contributed by atoms with Crippen LogP contribution in [0, 0.1) is 11.6 Å². The van der Waals surface area contributed by atoms with Gasteiger partial charge in [0.15, 0.2) is 0 Å². The summed E-state index contributed by atoms with van der Waals surface area (Å²) in [5.74, 6) is -1.16. The van der Waals surface area contributed by atoms with E-state index in [-0.39, 0.29) is 0 Å². The van der Waals surface area contributed by atoms with E-state index in [0.717, 1.165) is 11.6 Å². The summed E-state index contributed by atoms with van der Waals surface area (Å²) < 4.78 is 31.3. The van der Waals surface area contributed by atoms with Crippen molar-refractivity contribution in [3.8, 4) is 0 Å². The Kier molecular flexibility index (Phi) is 4.81. The van der Waals surface area contributed by atoms with Crippen LogP contribution in [0.4, 0.5) is 8.78 Å². The molecular weight excluding hydrogens is 246 g/mol. The lowest BCUT2D eigenvalue weighted by atomic mass is 10.2. The molecule has 98 valence electrons. The van der Waals surface area contributed by atoms with Gasteiger partial charge >= 0.3 is 0 Å². The van der Waals surface area contributed by atoms with Gasteiger partial charge in [-0.25, -0.2) is 8.78 Å². The lowest BCUT2D eigenvalue weighted by molar-refractivity contribution is 0.149. The Morgan fingerprint density at radius 1 is 0.947 bits per heavy atom. The molecule has 0 aliphatic carbocycles. The van der Waals surface area contributed by atoms with E-state index >= 15 is 0 Å². The average Bonchev–Trinajstić information content (AvgIpc) is 2.38. The summed E-state index contributed by atoms with van der Waals surface area (Å²) in [7, 11) is 0. The standard InChI is InChI=1S/C16H14F2O/c17-15-9-14(10-16(18)11-15)7-4-8-19-12-13-5-2-1-3-6-13/h1-7,9-11H,8,12H2/b7-4+. The molecule has 0 fully saturated rings. The van der Waals surface area contributed by atoms with Crippen LogP contribution in [0.1, 0.15) is 11.1 Å². The van der Waals surface area contributed by atoms with Crippen LogP contribution in [-0.4, -0.2) is 6.61 Å². The molecule has 1 nitrogen and oxygen atoms in total. The fourth-order valence-electron chi connectivity index (χ4n) is 1.67. The molecule has 2 aromatic carbocycles. The maximum atomic E-state index is 12.9. The predicted molar refractivity (Wildman–Crippen MR) is 71.5 cm³/mol. The van der Waals surface area contributed by atoms with Gasteiger partial charge in [-0.1, -0.05) is 42.5 Å². The quantitative estimate of drug-likeness (QED) is 0.732. The van der Waals surface area contributed by atoms with Crippen LogP contribution in [-0.2, 0) is 11.3 Å². The van der Waals surface area contributed by atoms with Gasteiger partial charge in [-0.3, -0.25) is 0 Å². The predicted octanol–water partition coefficient (Wildman–Crippen LogP) is 4.19. The van der Waals surface area contributed by atoms with Gasteiger partial charge in [-0.2, -0.15) is 0 Å². The summed E-state index contributed by atoms with van der Waals surface area (Å²) in [4.78, 5) is 0. The van der Waals surface area contributed by atoms with Gasteiger partial charge < -0.3 is 4.74 Å². The summed E-state index contributed by atoms with van der Waals surface area (Å²) in [6, 6.07) is 13.2. The summed E-state index contributed by atoms with van der Waals surface area (Å²) >= 11 is 0. The minimum absolute atomic E-state index is 0.396. The molecule has 0 spiro atoms. The molecular formula is C16H14F2O. The molecule has 0 atom stereocenters. The number of halogens is 2. The zero-order valence-electron chi connectivity index (χ0n) is 10.4. The van der Waals surface area contributed by atoms with Crippen LogP contribution in [0.5, 0.6) is 0 Å². The SMILES string of the molecule is Fc1cc(F)cc(/C=C/COCc2ccccc2)c1. The normalized spacial score (nSPS) is 11.1. The number of rotatable bonds is 5. The van der Waals surface area contributed by atoms with Crippen molar-refractivity contribution in [1.29, 1.82) is 0 Å². The fraction of sp³-hybridized carbons (Fsp3) is 0.125. The number of benzene rings is 2. The highest BCUT2D eigenvalue weighted by Crippen LogP contribution is 2.09. The maximum absolute atomic E-state index is 12.9. The van der Waals surface area contributed by atoms with Gasteiger partial charge in [-0.05, 0) is 23.3 Å². The van der Waals surface area contributed by atoms with Gasteiger partial charge in [-0.15, -0.1) is 0 Å². The van der Waals surface area contributed by atoms with Gasteiger partial charge in [0, 0.05) is 6.07 Å². The Bertz CT molecular complexity index is 530. The van der Waals surface area contributed by atoms with Gasteiger partial charge in [0.1, 0.15) is 11.6 Å². The lowest BCUT2D eigenvalue weighted by Gasteiger charge is -2.01. The van der Waals surface area contributed by atoms with Gasteiger partial charge in [0.25, 0.3) is 0 Å². The van der Waals surface area contributed by atoms with Crippen LogP contribution < -0.4 is 0 Å². The largest absolute Gasteiger partial charge is 0.373 e. The first-order valence-electron chi connectivity index (χ1n) is 5.98. The molecule has 2 rings (SSSR count). The zero-order valence-corrected chi connectivity index (χ0v) is 10.4. The smallest absolute Gasteiger partial charge is 0.126 e. The Balaban J connectivity index is 1.80. The molecule has 0 unspecified atom stereocenters. The lowest BCUT2D eigenvalue weighted by Crippen LogP contribution is -1.92. The van der Waals surface area contributed by atoms with Crippen molar-refractivity contribution in [1.82, 2.24) is 0 Å². The number of hydrogen-bond donors (Lipinski definition) is 0. The third kappa shape index (κ3) is 4.64. The molecule has 0 heterocycles. The molecule has 0 bridgehead atoms. The highest BCUT2D eigenvalue weighted by molar-refractivity contribution is 5.49. The topological polar surface area (TPSA) is 9.23 Å². The van der Waals surface area contributed by atoms with E-state index in [1.165, 1.54) is 12.1 Å². The van der Waals surface area contributed by atoms with Crippen molar-refractivity contribution in [2.75, 3.05) is 6.61 Å². The first kappa shape index (κ1) is 13.4. The first-order chi connectivity index (χ1) is 9.24. The summed E-state index contributed by atoms with van der Waals surface area (Å²) in [5.41, 5.74) is 1.58. The molecule has 0 aromatic heterocycles. The molecule has 0 N–H and O–H groups in total. The highest BCUT2D eigenvalue weighted by atomic mass is 19.1. The maximum Gasteiger partial charge on any atom is 0.126 e. The third-order valence-electron chi connectivity index (χ3n) is 2.52. The van der Waals surface area contributed by atoms with Crippen LogP contribution in [0.2, 0.25) is 0 Å². The molecule has 0 aliphatic heterocycles. The van der Waals surface area contributed by atoms with E-state index in [9.17, 15) is 8.78 Å². The van der Waals surface area contributed by atoms with E-state index < -0.39 is 11.6 Å². The summed E-state index contributed by atoms with van der Waals surface area (Å²) in [6.07, 6.45) is 3.37. The van der Waals surface area contributed by atoms with Crippen molar-refractivity contribution < 1.29 is 13.5 Å². The molecule has 0 saturated carbocycles. The second-order valence-corrected chi connectivity index (χ2v) is 4.11. The molecule has 19 heavy (non-hydrogen) atoms. The molecule has 0 saturated heterocycles. The van der Waals surface area contributed by atoms with E-state index in [4.69, 9.17) is 4.74 Å². The highest BCUT2D eigenvalue weighted by Gasteiger charge is 1.97. The van der Waals surface area contributed by atoms with E-state index in [2.05, 4.69) is 0 Å². The molecule has 0 radical (unpaired) electrons. The van der Waals surface area contributed by atoms with Crippen LogP contribution >= 0.6 is 0 Å². The first-order valence-corrected chi connectivity index (χ1v) is 5.98. The van der Waals surface area contributed by atoms with E-state index in [0.29, 0.717) is 18.8 Å². The van der Waals surface area contributed by atoms with Gasteiger partial charge in [0.2, 0.25) is 0 Å². The Labute approximate surface area is 111 Å². The molecule has 2 aromatic rings. The Morgan fingerprint density at radius 3 is 2.32 bits per heavy atom. The monoisotopic (exact) mass is 260 g/mol. The minimum atomic E-state index is -0.579. The number of hydrogen-bond acceptors (Lipinski definition) is 1. The van der Waals surface area contributed by atoms with Crippen molar-refractivity contribution in [2.24, 2.45) is 0 Å². The van der Waals surface area contributed by atoms with Crippen LogP contribution in [0.25, 0.3) is 6.08 Å². The molecule has 3 heteroatoms. The van der Waals surface area contributed by atoms with Crippen molar-refractivity contribution in [3.63, 3.8) is 0 Å². The van der Waals surface area contributed by atoms with Gasteiger partial charge in [0.05, 0.1) is 13.2 Å². The van der Waals surface area contributed by atoms with Crippen LogP contribution in [0.3, 0.4) is 0 Å². The number of ether oxygens (including phenoxy) is 1. The fourth-order valence-corrected chi connectivity index (χ4v) is 1.67. The summed E-state index contributed by atoms with van der Waals surface area (Å²) in [5, 5.41) is 0. The van der Waals surface area contributed by atoms with E-state index in [1.807, 2.05) is 30.3 Å². The second kappa shape index (κ2) is 6.81. The summed E-state index contributed by atoms with van der Waals surface area (Å²) in [6.45, 7) is 0.912.